The molecular weight excluding hydrogens is 396 g/mol. The Morgan fingerprint density at radius 2 is 1.81 bits per heavy atom. The Hall–Kier alpha value is -3.42. The average Bonchev–Trinajstić information content (AvgIpc) is 2.75. The van der Waals surface area contributed by atoms with E-state index in [2.05, 4.69) is 10.1 Å². The van der Waals surface area contributed by atoms with E-state index < -0.39 is 5.60 Å². The molecule has 0 aliphatic carbocycles. The summed E-state index contributed by atoms with van der Waals surface area (Å²) in [6, 6.07) is 13.6. The van der Waals surface area contributed by atoms with Crippen molar-refractivity contribution in [2.24, 2.45) is 10.9 Å². The molecule has 8 nitrogen and oxygen atoms in total. The number of likely N-dealkylation sites (tertiary alicyclic amines) is 1. The van der Waals surface area contributed by atoms with Crippen LogP contribution < -0.4 is 15.4 Å². The van der Waals surface area contributed by atoms with Gasteiger partial charge < -0.3 is 30.2 Å². The van der Waals surface area contributed by atoms with Gasteiger partial charge in [-0.3, -0.25) is 0 Å². The fraction of sp³-hybridized carbons (Fsp3) is 0.391. The van der Waals surface area contributed by atoms with Gasteiger partial charge in [0.15, 0.2) is 17.3 Å². The minimum absolute atomic E-state index is 0.0301. The second kappa shape index (κ2) is 8.02. The van der Waals surface area contributed by atoms with Gasteiger partial charge in [-0.25, -0.2) is 4.79 Å². The zero-order chi connectivity index (χ0) is 22.2. The highest BCUT2D eigenvalue weighted by molar-refractivity contribution is 5.98. The molecule has 8 heteroatoms. The monoisotopic (exact) mass is 424 g/mol. The number of hydrogen-bond donors (Lipinski definition) is 2. The quantitative estimate of drug-likeness (QED) is 0.320. The molecule has 0 unspecified atom stereocenters. The van der Waals surface area contributed by atoms with Crippen LogP contribution in [0.25, 0.3) is 0 Å². The number of rotatable bonds is 2. The molecule has 31 heavy (non-hydrogen) atoms. The van der Waals surface area contributed by atoms with Crippen LogP contribution in [0.3, 0.4) is 0 Å². The van der Waals surface area contributed by atoms with Gasteiger partial charge >= 0.3 is 6.09 Å². The van der Waals surface area contributed by atoms with Crippen molar-refractivity contribution in [3.63, 3.8) is 0 Å². The lowest BCUT2D eigenvalue weighted by Crippen LogP contribution is -2.47. The zero-order valence-corrected chi connectivity index (χ0v) is 18.0. The van der Waals surface area contributed by atoms with Crippen LogP contribution in [0.15, 0.2) is 47.6 Å². The van der Waals surface area contributed by atoms with Crippen molar-refractivity contribution in [1.82, 2.24) is 4.90 Å². The predicted molar refractivity (Wildman–Crippen MR) is 118 cm³/mol. The number of carbonyl (C=O) groups excluding carboxylic acids is 1. The van der Waals surface area contributed by atoms with Gasteiger partial charge in [0.25, 0.3) is 0 Å². The summed E-state index contributed by atoms with van der Waals surface area (Å²) in [6.07, 6.45) is 1.33. The van der Waals surface area contributed by atoms with Crippen molar-refractivity contribution >= 4 is 23.3 Å². The zero-order valence-electron chi connectivity index (χ0n) is 18.0. The number of anilines is 2. The summed E-state index contributed by atoms with van der Waals surface area (Å²) in [7, 11) is 0. The molecule has 0 saturated carbocycles. The lowest BCUT2D eigenvalue weighted by Gasteiger charge is -2.42. The van der Waals surface area contributed by atoms with E-state index >= 15 is 0 Å². The highest BCUT2D eigenvalue weighted by Crippen LogP contribution is 2.49. The second-order valence-corrected chi connectivity index (χ2v) is 8.81. The molecule has 164 valence electrons. The van der Waals surface area contributed by atoms with Crippen molar-refractivity contribution in [2.45, 2.75) is 45.3 Å². The maximum Gasteiger partial charge on any atom is 0.410 e. The summed E-state index contributed by atoms with van der Waals surface area (Å²) in [5, 5.41) is 12.1. The van der Waals surface area contributed by atoms with E-state index in [1.165, 1.54) is 0 Å². The summed E-state index contributed by atoms with van der Waals surface area (Å²) in [5.74, 6) is 1.43. The number of ether oxygens (including phenoxy) is 2. The molecule has 2 aromatic rings. The molecule has 0 spiro atoms. The highest BCUT2D eigenvalue weighted by atomic mass is 16.6. The van der Waals surface area contributed by atoms with Crippen molar-refractivity contribution in [1.29, 1.82) is 0 Å². The molecule has 2 aromatic carbocycles. The molecule has 0 aromatic heterocycles. The lowest BCUT2D eigenvalue weighted by atomic mass is 9.99. The van der Waals surface area contributed by atoms with E-state index in [1.807, 2.05) is 57.2 Å². The number of nitrogens with zero attached hydrogens (tertiary/aromatic N) is 3. The Bertz CT molecular complexity index is 1010. The van der Waals surface area contributed by atoms with Crippen LogP contribution in [0, 0.1) is 0 Å². The Labute approximate surface area is 181 Å². The third kappa shape index (κ3) is 4.23. The first-order chi connectivity index (χ1) is 14.8. The number of nitrogens with two attached hydrogens (primary N) is 1. The smallest absolute Gasteiger partial charge is 0.410 e. The van der Waals surface area contributed by atoms with E-state index in [0.29, 0.717) is 24.4 Å². The number of fused-ring (bicyclic) bond motifs is 2. The highest BCUT2D eigenvalue weighted by Gasteiger charge is 2.34. The fourth-order valence-corrected chi connectivity index (χ4v) is 4.03. The summed E-state index contributed by atoms with van der Waals surface area (Å²) in [6.45, 7) is 6.87. The largest absolute Gasteiger partial charge is 0.453 e. The summed E-state index contributed by atoms with van der Waals surface area (Å²) in [4.78, 5) is 16.5. The van der Waals surface area contributed by atoms with Crippen LogP contribution in [0.2, 0.25) is 0 Å². The number of benzene rings is 2. The van der Waals surface area contributed by atoms with E-state index in [0.717, 1.165) is 30.0 Å². The average molecular weight is 425 g/mol. The first kappa shape index (κ1) is 20.8. The van der Waals surface area contributed by atoms with Gasteiger partial charge in [0.05, 0.1) is 11.4 Å². The first-order valence-corrected chi connectivity index (χ1v) is 10.4. The van der Waals surface area contributed by atoms with Crippen LogP contribution in [0.4, 0.5) is 16.2 Å². The van der Waals surface area contributed by atoms with Crippen LogP contribution in [-0.2, 0) is 4.74 Å². The topological polar surface area (TPSA) is 101 Å². The van der Waals surface area contributed by atoms with Crippen LogP contribution >= 0.6 is 0 Å². The fourth-order valence-electron chi connectivity index (χ4n) is 4.03. The van der Waals surface area contributed by atoms with Gasteiger partial charge in [-0.1, -0.05) is 17.3 Å². The number of amidine groups is 1. The molecule has 0 atom stereocenters. The van der Waals surface area contributed by atoms with Gasteiger partial charge in [0.1, 0.15) is 5.60 Å². The molecular formula is C23H28N4O4. The third-order valence-electron chi connectivity index (χ3n) is 5.45. The lowest BCUT2D eigenvalue weighted by molar-refractivity contribution is 0.0206. The van der Waals surface area contributed by atoms with E-state index in [9.17, 15) is 4.79 Å². The predicted octanol–water partition coefficient (Wildman–Crippen LogP) is 4.42. The second-order valence-electron chi connectivity index (χ2n) is 8.81. The maximum atomic E-state index is 12.4. The third-order valence-corrected chi connectivity index (χ3v) is 5.45. The number of carbonyl (C=O) groups is 1. The maximum absolute atomic E-state index is 12.4. The Balaban J connectivity index is 1.60. The molecule has 0 radical (unpaired) electrons. The Morgan fingerprint density at radius 1 is 1.13 bits per heavy atom. The molecule has 2 heterocycles. The normalized spacial score (nSPS) is 16.9. The summed E-state index contributed by atoms with van der Waals surface area (Å²) >= 11 is 0. The molecule has 2 aliphatic rings. The van der Waals surface area contributed by atoms with Gasteiger partial charge in [-0.05, 0) is 63.9 Å². The molecule has 1 fully saturated rings. The van der Waals surface area contributed by atoms with Crippen molar-refractivity contribution < 1.29 is 19.5 Å². The molecule has 1 saturated heterocycles. The number of oxime groups is 1. The first-order valence-electron chi connectivity index (χ1n) is 10.4. The van der Waals surface area contributed by atoms with E-state index in [1.54, 1.807) is 11.0 Å². The Morgan fingerprint density at radius 3 is 2.48 bits per heavy atom. The van der Waals surface area contributed by atoms with Crippen LogP contribution in [0.5, 0.6) is 11.5 Å². The van der Waals surface area contributed by atoms with Crippen molar-refractivity contribution in [3.05, 3.63) is 48.0 Å². The van der Waals surface area contributed by atoms with Gasteiger partial charge in [-0.15, -0.1) is 0 Å². The summed E-state index contributed by atoms with van der Waals surface area (Å²) < 4.78 is 11.7. The number of hydrogen-bond acceptors (Lipinski definition) is 6. The van der Waals surface area contributed by atoms with Crippen LogP contribution in [-0.4, -0.2) is 46.8 Å². The van der Waals surface area contributed by atoms with Gasteiger partial charge in [0, 0.05) is 24.7 Å². The molecule has 1 amide bonds. The van der Waals surface area contributed by atoms with E-state index in [4.69, 9.17) is 20.4 Å². The van der Waals surface area contributed by atoms with E-state index in [-0.39, 0.29) is 18.0 Å². The SMILES string of the molecule is CC(C)(C)OC(=O)N1CCC(N2c3ccccc3Oc3cc(/C(N)=N/O)ccc32)CC1. The van der Waals surface area contributed by atoms with Crippen molar-refractivity contribution in [2.75, 3.05) is 18.0 Å². The molecule has 4 rings (SSSR count). The minimum atomic E-state index is -0.507. The number of para-hydroxylation sites is 2. The molecule has 0 bridgehead atoms. The summed E-state index contributed by atoms with van der Waals surface area (Å²) in [5.41, 5.74) is 7.75. The van der Waals surface area contributed by atoms with Gasteiger partial charge in [-0.2, -0.15) is 0 Å². The van der Waals surface area contributed by atoms with Crippen LogP contribution in [0.1, 0.15) is 39.2 Å². The van der Waals surface area contributed by atoms with Crippen molar-refractivity contribution in [3.8, 4) is 11.5 Å². The minimum Gasteiger partial charge on any atom is -0.453 e. The molecule has 2 aliphatic heterocycles. The standard InChI is InChI=1S/C23H28N4O4/c1-23(2,3)31-22(28)26-12-10-16(11-13-26)27-17-6-4-5-7-19(17)30-20-14-15(21(24)25-29)8-9-18(20)27/h4-9,14,16,29H,10-13H2,1-3H3,(H2,24,25). The number of piperidine rings is 1. The molecule has 3 N–H and O–H groups in total. The van der Waals surface area contributed by atoms with Gasteiger partial charge in [0.2, 0.25) is 0 Å². The Kier molecular flexibility index (Phi) is 5.39. The number of amides is 1.